The summed E-state index contributed by atoms with van der Waals surface area (Å²) in [5.74, 6) is 0.200. The van der Waals surface area contributed by atoms with Crippen LogP contribution in [0.3, 0.4) is 0 Å². The largest absolute Gasteiger partial charge is 0.352 e. The lowest BCUT2D eigenvalue weighted by Gasteiger charge is -2.47. The van der Waals surface area contributed by atoms with Crippen LogP contribution in [0, 0.1) is 0 Å². The van der Waals surface area contributed by atoms with Gasteiger partial charge in [-0.05, 0) is 52.5 Å². The maximum Gasteiger partial charge on any atom is 0.237 e. The first-order valence-electron chi connectivity index (χ1n) is 8.92. The van der Waals surface area contributed by atoms with E-state index in [1.807, 2.05) is 6.92 Å². The van der Waals surface area contributed by atoms with Crippen LogP contribution in [0.1, 0.15) is 64.7 Å². The number of piperidine rings is 2. The minimum atomic E-state index is -0.0558. The lowest BCUT2D eigenvalue weighted by Crippen LogP contribution is -2.57. The van der Waals surface area contributed by atoms with Gasteiger partial charge in [0.25, 0.3) is 0 Å². The fourth-order valence-corrected chi connectivity index (χ4v) is 4.58. The van der Waals surface area contributed by atoms with Crippen LogP contribution in [0.5, 0.6) is 0 Å². The molecule has 0 aromatic carbocycles. The van der Waals surface area contributed by atoms with Gasteiger partial charge in [-0.2, -0.15) is 0 Å². The predicted octanol–water partition coefficient (Wildman–Crippen LogP) is 2.04. The maximum atomic E-state index is 12.3. The van der Waals surface area contributed by atoms with E-state index in [0.29, 0.717) is 12.1 Å². The van der Waals surface area contributed by atoms with Gasteiger partial charge in [-0.15, -0.1) is 0 Å². The van der Waals surface area contributed by atoms with E-state index in [1.165, 1.54) is 44.9 Å². The molecule has 1 amide bonds. The molecule has 2 aliphatic heterocycles. The molecule has 0 aromatic heterocycles. The average molecular weight is 293 g/mol. The van der Waals surface area contributed by atoms with Crippen LogP contribution in [0.25, 0.3) is 0 Å². The normalized spacial score (nSPS) is 35.6. The van der Waals surface area contributed by atoms with E-state index in [9.17, 15) is 4.79 Å². The van der Waals surface area contributed by atoms with E-state index in [-0.39, 0.29) is 11.9 Å². The second-order valence-corrected chi connectivity index (χ2v) is 7.45. The molecular weight excluding hydrogens is 262 g/mol. The Morgan fingerprint density at radius 1 is 1.00 bits per heavy atom. The topological polar surface area (TPSA) is 44.4 Å². The second-order valence-electron chi connectivity index (χ2n) is 7.45. The number of hydrogen-bond acceptors (Lipinski definition) is 3. The first kappa shape index (κ1) is 15.3. The Labute approximate surface area is 129 Å². The molecule has 3 rings (SSSR count). The molecular formula is C17H31N3O. The monoisotopic (exact) mass is 293 g/mol. The summed E-state index contributed by atoms with van der Waals surface area (Å²) in [6.45, 7) is 2.03. The van der Waals surface area contributed by atoms with Crippen LogP contribution in [0.4, 0.5) is 0 Å². The van der Waals surface area contributed by atoms with Gasteiger partial charge in [0.1, 0.15) is 0 Å². The Kier molecular flexibility index (Phi) is 4.85. The number of fused-ring (bicyclic) bond motifs is 2. The first-order valence-corrected chi connectivity index (χ1v) is 8.92. The Hall–Kier alpha value is -0.610. The molecule has 2 saturated heterocycles. The summed E-state index contributed by atoms with van der Waals surface area (Å²) in [6, 6.07) is 2.33. The van der Waals surface area contributed by atoms with Crippen molar-refractivity contribution in [3.05, 3.63) is 0 Å². The van der Waals surface area contributed by atoms with E-state index in [1.54, 1.807) is 0 Å². The van der Waals surface area contributed by atoms with E-state index < -0.39 is 0 Å². The standard InChI is InChI=1S/C17H31N3O/c1-12(17(21)19-13-6-3-4-7-13)18-14-10-15-8-5-9-16(11-14)20(15)2/h12-16,18H,3-11H2,1-2H3,(H,19,21). The SMILES string of the molecule is CC(NC1CC2CCCC(C1)N2C)C(=O)NC1CCCC1. The van der Waals surface area contributed by atoms with Gasteiger partial charge in [0.15, 0.2) is 0 Å². The minimum absolute atomic E-state index is 0.0558. The summed E-state index contributed by atoms with van der Waals surface area (Å²) in [5.41, 5.74) is 0. The third kappa shape index (κ3) is 3.59. The quantitative estimate of drug-likeness (QED) is 0.834. The summed E-state index contributed by atoms with van der Waals surface area (Å²) in [5, 5.41) is 6.82. The zero-order valence-electron chi connectivity index (χ0n) is 13.6. The van der Waals surface area contributed by atoms with Gasteiger partial charge < -0.3 is 15.5 Å². The molecule has 1 saturated carbocycles. The van der Waals surface area contributed by atoms with Gasteiger partial charge in [0.2, 0.25) is 5.91 Å². The zero-order chi connectivity index (χ0) is 14.8. The van der Waals surface area contributed by atoms with Crippen LogP contribution >= 0.6 is 0 Å². The van der Waals surface area contributed by atoms with E-state index in [2.05, 4.69) is 22.6 Å². The first-order chi connectivity index (χ1) is 10.1. The molecule has 0 aromatic rings. The number of carbonyl (C=O) groups is 1. The molecule has 120 valence electrons. The van der Waals surface area contributed by atoms with Crippen molar-refractivity contribution in [3.8, 4) is 0 Å². The van der Waals surface area contributed by atoms with Crippen molar-refractivity contribution in [2.24, 2.45) is 0 Å². The van der Waals surface area contributed by atoms with Crippen molar-refractivity contribution in [2.75, 3.05) is 7.05 Å². The number of nitrogens with zero attached hydrogens (tertiary/aromatic N) is 1. The van der Waals surface area contributed by atoms with Crippen molar-refractivity contribution in [3.63, 3.8) is 0 Å². The van der Waals surface area contributed by atoms with Crippen LogP contribution in [-0.2, 0) is 4.79 Å². The highest BCUT2D eigenvalue weighted by Gasteiger charge is 2.36. The molecule has 3 atom stereocenters. The molecule has 2 N–H and O–H groups in total. The summed E-state index contributed by atoms with van der Waals surface area (Å²) in [7, 11) is 2.28. The maximum absolute atomic E-state index is 12.3. The fraction of sp³-hybridized carbons (Fsp3) is 0.941. The van der Waals surface area contributed by atoms with Gasteiger partial charge in [-0.3, -0.25) is 4.79 Å². The molecule has 1 aliphatic carbocycles. The van der Waals surface area contributed by atoms with Gasteiger partial charge >= 0.3 is 0 Å². The van der Waals surface area contributed by atoms with Crippen LogP contribution in [0.15, 0.2) is 0 Å². The van der Waals surface area contributed by atoms with Crippen molar-refractivity contribution in [2.45, 2.75) is 94.9 Å². The van der Waals surface area contributed by atoms with Crippen LogP contribution in [0.2, 0.25) is 0 Å². The molecule has 0 spiro atoms. The third-order valence-corrected chi connectivity index (χ3v) is 5.92. The van der Waals surface area contributed by atoms with Crippen molar-refractivity contribution >= 4 is 5.91 Å². The lowest BCUT2D eigenvalue weighted by molar-refractivity contribution is -0.123. The van der Waals surface area contributed by atoms with Crippen LogP contribution < -0.4 is 10.6 Å². The Morgan fingerprint density at radius 2 is 1.62 bits per heavy atom. The highest BCUT2D eigenvalue weighted by Crippen LogP contribution is 2.32. The number of hydrogen-bond donors (Lipinski definition) is 2. The molecule has 3 unspecified atom stereocenters. The van der Waals surface area contributed by atoms with Gasteiger partial charge in [-0.25, -0.2) is 0 Å². The number of nitrogens with one attached hydrogen (secondary N) is 2. The number of amides is 1. The van der Waals surface area contributed by atoms with Gasteiger partial charge in [0, 0.05) is 24.2 Å². The van der Waals surface area contributed by atoms with E-state index in [4.69, 9.17) is 0 Å². The smallest absolute Gasteiger partial charge is 0.237 e. The molecule has 0 radical (unpaired) electrons. The molecule has 4 heteroatoms. The second kappa shape index (κ2) is 6.66. The molecule has 3 fully saturated rings. The highest BCUT2D eigenvalue weighted by molar-refractivity contribution is 5.81. The predicted molar refractivity (Wildman–Crippen MR) is 85.2 cm³/mol. The summed E-state index contributed by atoms with van der Waals surface area (Å²) < 4.78 is 0. The molecule has 21 heavy (non-hydrogen) atoms. The Morgan fingerprint density at radius 3 is 2.24 bits per heavy atom. The fourth-order valence-electron chi connectivity index (χ4n) is 4.58. The molecule has 2 heterocycles. The van der Waals surface area contributed by atoms with Crippen molar-refractivity contribution in [1.29, 1.82) is 0 Å². The lowest BCUT2D eigenvalue weighted by atomic mass is 9.82. The van der Waals surface area contributed by atoms with E-state index >= 15 is 0 Å². The summed E-state index contributed by atoms with van der Waals surface area (Å²) in [4.78, 5) is 14.9. The molecule has 2 bridgehead atoms. The minimum Gasteiger partial charge on any atom is -0.352 e. The Bertz CT molecular complexity index is 353. The van der Waals surface area contributed by atoms with Crippen molar-refractivity contribution < 1.29 is 4.79 Å². The average Bonchev–Trinajstić information content (AvgIpc) is 2.92. The summed E-state index contributed by atoms with van der Waals surface area (Å²) in [6.07, 6.45) is 11.3. The molecule has 4 nitrogen and oxygen atoms in total. The van der Waals surface area contributed by atoms with E-state index in [0.717, 1.165) is 24.9 Å². The third-order valence-electron chi connectivity index (χ3n) is 5.92. The Balaban J connectivity index is 1.48. The molecule has 3 aliphatic rings. The van der Waals surface area contributed by atoms with Gasteiger partial charge in [-0.1, -0.05) is 19.3 Å². The number of rotatable bonds is 4. The highest BCUT2D eigenvalue weighted by atomic mass is 16.2. The van der Waals surface area contributed by atoms with Crippen molar-refractivity contribution in [1.82, 2.24) is 15.5 Å². The van der Waals surface area contributed by atoms with Crippen LogP contribution in [-0.4, -0.2) is 48.1 Å². The number of carbonyl (C=O) groups excluding carboxylic acids is 1. The summed E-state index contributed by atoms with van der Waals surface area (Å²) >= 11 is 0. The zero-order valence-corrected chi connectivity index (χ0v) is 13.6. The van der Waals surface area contributed by atoms with Gasteiger partial charge in [0.05, 0.1) is 6.04 Å².